The summed E-state index contributed by atoms with van der Waals surface area (Å²) in [6, 6.07) is 11.3. The van der Waals surface area contributed by atoms with Crippen LogP contribution in [-0.2, 0) is 21.2 Å². The molecule has 1 aromatic carbocycles. The Morgan fingerprint density at radius 2 is 1.96 bits per heavy atom. The molecule has 0 radical (unpaired) electrons. The minimum Gasteiger partial charge on any atom is -0.497 e. The van der Waals surface area contributed by atoms with Crippen LogP contribution in [0.3, 0.4) is 0 Å². The Hall–Kier alpha value is -1.90. The molecule has 0 saturated carbocycles. The van der Waals surface area contributed by atoms with Gasteiger partial charge >= 0.3 is 0 Å². The van der Waals surface area contributed by atoms with Crippen LogP contribution in [0.4, 0.5) is 0 Å². The van der Waals surface area contributed by atoms with Gasteiger partial charge in [0.2, 0.25) is 15.9 Å². The number of benzene rings is 1. The van der Waals surface area contributed by atoms with Gasteiger partial charge in [0, 0.05) is 11.4 Å². The molecule has 0 bridgehead atoms. The predicted octanol–water partition coefficient (Wildman–Crippen LogP) is 1.75. The zero-order valence-corrected chi connectivity index (χ0v) is 15.8. The molecule has 2 rings (SSSR count). The minimum absolute atomic E-state index is 0.0686. The largest absolute Gasteiger partial charge is 0.497 e. The Balaban J connectivity index is 2.11. The fourth-order valence-corrected chi connectivity index (χ4v) is 3.69. The number of hydrogen-bond acceptors (Lipinski definition) is 5. The molecule has 1 atom stereocenters. The first-order valence-corrected chi connectivity index (χ1v) is 10.3. The maximum atomic E-state index is 12.6. The van der Waals surface area contributed by atoms with Gasteiger partial charge in [-0.1, -0.05) is 18.2 Å². The number of nitrogens with one attached hydrogen (secondary N) is 2. The molecule has 0 aliphatic rings. The first-order valence-electron chi connectivity index (χ1n) is 7.80. The number of amides is 1. The summed E-state index contributed by atoms with van der Waals surface area (Å²) in [4.78, 5) is 13.7. The molecule has 1 unspecified atom stereocenters. The molecule has 6 nitrogen and oxygen atoms in total. The molecule has 0 saturated heterocycles. The van der Waals surface area contributed by atoms with Gasteiger partial charge in [-0.05, 0) is 42.6 Å². The van der Waals surface area contributed by atoms with E-state index in [1.54, 1.807) is 18.4 Å². The molecule has 0 aliphatic carbocycles. The fraction of sp³-hybridized carbons (Fsp3) is 0.353. The van der Waals surface area contributed by atoms with Crippen LogP contribution in [0.5, 0.6) is 5.75 Å². The Bertz CT molecular complexity index is 771. The van der Waals surface area contributed by atoms with Gasteiger partial charge < -0.3 is 10.1 Å². The van der Waals surface area contributed by atoms with Crippen LogP contribution in [0.15, 0.2) is 41.8 Å². The van der Waals surface area contributed by atoms with E-state index in [0.29, 0.717) is 6.42 Å². The summed E-state index contributed by atoms with van der Waals surface area (Å²) in [6.07, 6.45) is 0.564. The first-order chi connectivity index (χ1) is 11.9. The van der Waals surface area contributed by atoms with E-state index in [4.69, 9.17) is 4.74 Å². The number of rotatable bonds is 9. The lowest BCUT2D eigenvalue weighted by Gasteiger charge is -2.17. The van der Waals surface area contributed by atoms with Crippen LogP contribution in [0, 0.1) is 0 Å². The van der Waals surface area contributed by atoms with Crippen molar-refractivity contribution >= 4 is 27.3 Å². The zero-order valence-electron chi connectivity index (χ0n) is 14.2. The summed E-state index contributed by atoms with van der Waals surface area (Å²) in [7, 11) is -0.398. The maximum Gasteiger partial charge on any atom is 0.227 e. The summed E-state index contributed by atoms with van der Waals surface area (Å²) < 4.78 is 30.3. The number of sulfonamides is 1. The third kappa shape index (κ3) is 5.84. The molecule has 2 aromatic rings. The van der Waals surface area contributed by atoms with Gasteiger partial charge in [-0.2, -0.15) is 0 Å². The van der Waals surface area contributed by atoms with E-state index in [1.165, 1.54) is 7.05 Å². The highest BCUT2D eigenvalue weighted by atomic mass is 32.2. The molecule has 136 valence electrons. The highest BCUT2D eigenvalue weighted by Crippen LogP contribution is 2.25. The molecule has 0 aliphatic heterocycles. The van der Waals surface area contributed by atoms with Crippen molar-refractivity contribution in [3.8, 4) is 5.75 Å². The van der Waals surface area contributed by atoms with Crippen LogP contribution >= 0.6 is 11.3 Å². The summed E-state index contributed by atoms with van der Waals surface area (Å²) in [5.41, 5.74) is 0.864. The average molecular weight is 383 g/mol. The molecule has 1 aromatic heterocycles. The van der Waals surface area contributed by atoms with Crippen molar-refractivity contribution in [3.05, 3.63) is 52.2 Å². The van der Waals surface area contributed by atoms with Gasteiger partial charge in [0.05, 0.1) is 18.8 Å². The second kappa shape index (κ2) is 8.98. The van der Waals surface area contributed by atoms with E-state index in [2.05, 4.69) is 10.0 Å². The molecule has 1 heterocycles. The van der Waals surface area contributed by atoms with Crippen molar-refractivity contribution < 1.29 is 17.9 Å². The third-order valence-corrected chi connectivity index (χ3v) is 6.06. The second-order valence-electron chi connectivity index (χ2n) is 5.42. The van der Waals surface area contributed by atoms with E-state index in [-0.39, 0.29) is 24.1 Å². The Labute approximate surface area is 152 Å². The van der Waals surface area contributed by atoms with Crippen LogP contribution in [0.1, 0.15) is 16.4 Å². The first kappa shape index (κ1) is 19.4. The van der Waals surface area contributed by atoms with Crippen molar-refractivity contribution in [1.29, 1.82) is 0 Å². The number of thiophene rings is 1. The van der Waals surface area contributed by atoms with Crippen LogP contribution < -0.4 is 14.8 Å². The molecule has 0 spiro atoms. The predicted molar refractivity (Wildman–Crippen MR) is 99.6 cm³/mol. The van der Waals surface area contributed by atoms with Crippen LogP contribution in [-0.4, -0.2) is 40.8 Å². The lowest BCUT2D eigenvalue weighted by molar-refractivity contribution is -0.122. The van der Waals surface area contributed by atoms with E-state index < -0.39 is 10.0 Å². The Kier molecular flexibility index (Phi) is 6.98. The summed E-state index contributed by atoms with van der Waals surface area (Å²) in [5, 5.41) is 4.70. The lowest BCUT2D eigenvalue weighted by Crippen LogP contribution is -2.36. The number of methoxy groups -OCH3 is 1. The van der Waals surface area contributed by atoms with Crippen molar-refractivity contribution in [2.45, 2.75) is 12.3 Å². The average Bonchev–Trinajstić information content (AvgIpc) is 3.13. The smallest absolute Gasteiger partial charge is 0.227 e. The molecule has 2 N–H and O–H groups in total. The topological polar surface area (TPSA) is 84.5 Å². The Morgan fingerprint density at radius 1 is 1.24 bits per heavy atom. The number of carbonyl (C=O) groups is 1. The van der Waals surface area contributed by atoms with Crippen molar-refractivity contribution in [1.82, 2.24) is 10.0 Å². The maximum absolute atomic E-state index is 12.6. The normalized spacial score (nSPS) is 12.6. The van der Waals surface area contributed by atoms with Crippen LogP contribution in [0.25, 0.3) is 0 Å². The quantitative estimate of drug-likeness (QED) is 0.692. The minimum atomic E-state index is -3.34. The molecular weight excluding hydrogens is 360 g/mol. The fourth-order valence-electron chi connectivity index (χ4n) is 2.36. The molecular formula is C17H22N2O4S2. The zero-order chi connectivity index (χ0) is 18.3. The van der Waals surface area contributed by atoms with Gasteiger partial charge in [-0.3, -0.25) is 4.79 Å². The number of ether oxygens (including phenoxy) is 1. The van der Waals surface area contributed by atoms with Crippen LogP contribution in [0.2, 0.25) is 0 Å². The van der Waals surface area contributed by atoms with Crippen molar-refractivity contribution in [3.63, 3.8) is 0 Å². The molecule has 25 heavy (non-hydrogen) atoms. The summed E-state index contributed by atoms with van der Waals surface area (Å²) in [6.45, 7) is 0.0686. The number of carbonyl (C=O) groups excluding carboxylic acids is 1. The highest BCUT2D eigenvalue weighted by molar-refractivity contribution is 7.89. The monoisotopic (exact) mass is 382 g/mol. The molecule has 8 heteroatoms. The van der Waals surface area contributed by atoms with Gasteiger partial charge in [0.15, 0.2) is 0 Å². The van der Waals surface area contributed by atoms with E-state index >= 15 is 0 Å². The Morgan fingerprint density at radius 3 is 2.52 bits per heavy atom. The second-order valence-corrected chi connectivity index (χ2v) is 8.50. The third-order valence-electron chi connectivity index (χ3n) is 3.80. The van der Waals surface area contributed by atoms with Crippen molar-refractivity contribution in [2.75, 3.05) is 26.5 Å². The van der Waals surface area contributed by atoms with E-state index in [1.807, 2.05) is 41.8 Å². The van der Waals surface area contributed by atoms with Gasteiger partial charge in [-0.25, -0.2) is 13.1 Å². The summed E-state index contributed by atoms with van der Waals surface area (Å²) >= 11 is 1.59. The summed E-state index contributed by atoms with van der Waals surface area (Å²) in [5.74, 6) is -0.00492. The van der Waals surface area contributed by atoms with Crippen molar-refractivity contribution in [2.24, 2.45) is 0 Å². The van der Waals surface area contributed by atoms with E-state index in [0.717, 1.165) is 16.2 Å². The van der Waals surface area contributed by atoms with Gasteiger partial charge in [0.1, 0.15) is 5.75 Å². The standard InChI is InChI=1S/C17H22N2O4S2/c1-18-25(21,22)11-9-19-17(20)16(12-15-4-3-10-24-15)13-5-7-14(23-2)8-6-13/h3-8,10,16,18H,9,11-12H2,1-2H3,(H,19,20). The number of hydrogen-bond donors (Lipinski definition) is 2. The van der Waals surface area contributed by atoms with Gasteiger partial charge in [0.25, 0.3) is 0 Å². The van der Waals surface area contributed by atoms with Gasteiger partial charge in [-0.15, -0.1) is 11.3 Å². The lowest BCUT2D eigenvalue weighted by atomic mass is 9.94. The highest BCUT2D eigenvalue weighted by Gasteiger charge is 2.22. The van der Waals surface area contributed by atoms with E-state index in [9.17, 15) is 13.2 Å². The molecule has 1 amide bonds. The molecule has 0 fully saturated rings. The SMILES string of the molecule is CNS(=O)(=O)CCNC(=O)C(Cc1cccs1)c1ccc(OC)cc1.